The summed E-state index contributed by atoms with van der Waals surface area (Å²) in [5, 5.41) is 4.00. The van der Waals surface area contributed by atoms with Crippen molar-refractivity contribution in [1.29, 1.82) is 0 Å². The second-order valence-corrected chi connectivity index (χ2v) is 9.64. The highest BCUT2D eigenvalue weighted by Gasteiger charge is 2.61. The lowest BCUT2D eigenvalue weighted by Crippen LogP contribution is -2.61. The molecule has 4 saturated carbocycles. The summed E-state index contributed by atoms with van der Waals surface area (Å²) in [6.45, 7) is 11.1. The van der Waals surface area contributed by atoms with Gasteiger partial charge in [0.2, 0.25) is 0 Å². The zero-order chi connectivity index (χ0) is 15.1. The van der Waals surface area contributed by atoms with Crippen LogP contribution in [-0.4, -0.2) is 12.6 Å². The summed E-state index contributed by atoms with van der Waals surface area (Å²) in [5.74, 6) is 1.03. The molecule has 4 aliphatic carbocycles. The number of hydrogen-bond donors (Lipinski definition) is 1. The number of nitrogens with one attached hydrogen (secondary N) is 1. The molecule has 1 heteroatoms. The molecule has 0 heterocycles. The molecule has 4 bridgehead atoms. The van der Waals surface area contributed by atoms with E-state index >= 15 is 0 Å². The van der Waals surface area contributed by atoms with Crippen LogP contribution in [0, 0.1) is 22.2 Å². The highest BCUT2D eigenvalue weighted by atomic mass is 14.9. The topological polar surface area (TPSA) is 12.0 Å². The average molecular weight is 292 g/mol. The fraction of sp³-hybridized carbons (Fsp3) is 1.00. The van der Waals surface area contributed by atoms with Crippen LogP contribution in [0.15, 0.2) is 0 Å². The first kappa shape index (κ1) is 15.8. The Morgan fingerprint density at radius 1 is 0.952 bits per heavy atom. The van der Waals surface area contributed by atoms with Crippen molar-refractivity contribution >= 4 is 0 Å². The SMILES string of the molecule is CCCCC(NCCC)C12CC3CC(C)(CC(C)(C3)C1)C2. The van der Waals surface area contributed by atoms with Crippen LogP contribution in [0.2, 0.25) is 0 Å². The van der Waals surface area contributed by atoms with Crippen molar-refractivity contribution in [2.75, 3.05) is 6.54 Å². The predicted octanol–water partition coefficient (Wildman–Crippen LogP) is 5.54. The number of hydrogen-bond acceptors (Lipinski definition) is 1. The summed E-state index contributed by atoms with van der Waals surface area (Å²) in [5.41, 5.74) is 1.95. The van der Waals surface area contributed by atoms with Gasteiger partial charge in [-0.15, -0.1) is 0 Å². The van der Waals surface area contributed by atoms with Gasteiger partial charge in [0, 0.05) is 6.04 Å². The average Bonchev–Trinajstić information content (AvgIpc) is 2.34. The molecule has 4 aliphatic rings. The Hall–Kier alpha value is -0.0400. The Morgan fingerprint density at radius 3 is 2.14 bits per heavy atom. The van der Waals surface area contributed by atoms with Crippen LogP contribution in [0.1, 0.15) is 91.9 Å². The maximum absolute atomic E-state index is 4.00. The van der Waals surface area contributed by atoms with Crippen LogP contribution < -0.4 is 5.32 Å². The largest absolute Gasteiger partial charge is 0.313 e. The summed E-state index contributed by atoms with van der Waals surface area (Å²) >= 11 is 0. The summed E-state index contributed by atoms with van der Waals surface area (Å²) < 4.78 is 0. The Bertz CT molecular complexity index is 348. The minimum absolute atomic E-state index is 0.632. The Kier molecular flexibility index (Phi) is 4.19. The van der Waals surface area contributed by atoms with Gasteiger partial charge in [-0.1, -0.05) is 40.5 Å². The third-order valence-electron chi connectivity index (χ3n) is 6.90. The van der Waals surface area contributed by atoms with Crippen molar-refractivity contribution in [2.24, 2.45) is 22.2 Å². The van der Waals surface area contributed by atoms with Crippen LogP contribution >= 0.6 is 0 Å². The Morgan fingerprint density at radius 2 is 1.62 bits per heavy atom. The lowest BCUT2D eigenvalue weighted by Gasteiger charge is -2.67. The van der Waals surface area contributed by atoms with Gasteiger partial charge in [0.1, 0.15) is 0 Å². The lowest BCUT2D eigenvalue weighted by atomic mass is 9.39. The van der Waals surface area contributed by atoms with E-state index < -0.39 is 0 Å². The highest BCUT2D eigenvalue weighted by molar-refractivity contribution is 5.13. The van der Waals surface area contributed by atoms with E-state index in [0.717, 1.165) is 12.0 Å². The smallest absolute Gasteiger partial charge is 0.0124 e. The molecular formula is C20H37N. The molecule has 122 valence electrons. The van der Waals surface area contributed by atoms with Crippen LogP contribution in [0.5, 0.6) is 0 Å². The van der Waals surface area contributed by atoms with Gasteiger partial charge in [-0.25, -0.2) is 0 Å². The maximum Gasteiger partial charge on any atom is 0.0124 e. The summed E-state index contributed by atoms with van der Waals surface area (Å²) in [7, 11) is 0. The third-order valence-corrected chi connectivity index (χ3v) is 6.90. The van der Waals surface area contributed by atoms with E-state index in [1.54, 1.807) is 0 Å². The van der Waals surface area contributed by atoms with Crippen molar-refractivity contribution in [3.05, 3.63) is 0 Å². The lowest BCUT2D eigenvalue weighted by molar-refractivity contribution is -0.158. The minimum atomic E-state index is 0.632. The molecule has 4 fully saturated rings. The first-order chi connectivity index (χ1) is 9.93. The molecule has 0 spiro atoms. The van der Waals surface area contributed by atoms with Gasteiger partial charge in [-0.05, 0) is 80.1 Å². The molecule has 3 unspecified atom stereocenters. The fourth-order valence-electron chi connectivity index (χ4n) is 7.28. The number of rotatable bonds is 7. The van der Waals surface area contributed by atoms with Gasteiger partial charge in [-0.3, -0.25) is 0 Å². The van der Waals surface area contributed by atoms with Gasteiger partial charge < -0.3 is 5.32 Å². The van der Waals surface area contributed by atoms with Crippen molar-refractivity contribution in [1.82, 2.24) is 5.32 Å². The molecule has 1 nitrogen and oxygen atoms in total. The van der Waals surface area contributed by atoms with E-state index in [2.05, 4.69) is 33.0 Å². The zero-order valence-electron chi connectivity index (χ0n) is 14.9. The van der Waals surface area contributed by atoms with Crippen LogP contribution in [0.4, 0.5) is 0 Å². The molecule has 0 radical (unpaired) electrons. The van der Waals surface area contributed by atoms with Gasteiger partial charge in [0.25, 0.3) is 0 Å². The van der Waals surface area contributed by atoms with Gasteiger partial charge >= 0.3 is 0 Å². The first-order valence-electron chi connectivity index (χ1n) is 9.66. The molecule has 0 aliphatic heterocycles. The van der Waals surface area contributed by atoms with Crippen molar-refractivity contribution in [3.63, 3.8) is 0 Å². The van der Waals surface area contributed by atoms with Crippen LogP contribution in [-0.2, 0) is 0 Å². The molecule has 0 saturated heterocycles. The number of unbranched alkanes of at least 4 members (excludes halogenated alkanes) is 1. The van der Waals surface area contributed by atoms with Crippen molar-refractivity contribution in [3.8, 4) is 0 Å². The monoisotopic (exact) mass is 291 g/mol. The molecule has 1 N–H and O–H groups in total. The van der Waals surface area contributed by atoms with E-state index in [1.165, 1.54) is 70.8 Å². The molecule has 21 heavy (non-hydrogen) atoms. The van der Waals surface area contributed by atoms with E-state index in [1.807, 2.05) is 0 Å². The molecule has 3 atom stereocenters. The maximum atomic E-state index is 4.00. The minimum Gasteiger partial charge on any atom is -0.313 e. The molecule has 0 aromatic heterocycles. The summed E-state index contributed by atoms with van der Waals surface area (Å²) in [6.07, 6.45) is 14.5. The quantitative estimate of drug-likeness (QED) is 0.649. The first-order valence-corrected chi connectivity index (χ1v) is 9.66. The van der Waals surface area contributed by atoms with E-state index in [9.17, 15) is 0 Å². The molecule has 0 amide bonds. The van der Waals surface area contributed by atoms with Crippen LogP contribution in [0.3, 0.4) is 0 Å². The fourth-order valence-corrected chi connectivity index (χ4v) is 7.28. The predicted molar refractivity (Wildman–Crippen MR) is 91.4 cm³/mol. The van der Waals surface area contributed by atoms with E-state index in [4.69, 9.17) is 0 Å². The second kappa shape index (κ2) is 5.55. The third kappa shape index (κ3) is 2.92. The Labute approximate surface area is 132 Å². The standard InChI is InChI=1S/C20H37N/c1-5-7-8-17(21-9-6-2)20-12-16-10-18(3,14-20)13-19(4,11-16)15-20/h16-17,21H,5-15H2,1-4H3. The summed E-state index contributed by atoms with van der Waals surface area (Å²) in [6, 6.07) is 0.791. The summed E-state index contributed by atoms with van der Waals surface area (Å²) in [4.78, 5) is 0. The molecule has 0 aromatic carbocycles. The molecule has 4 rings (SSSR count). The van der Waals surface area contributed by atoms with Crippen molar-refractivity contribution in [2.45, 2.75) is 97.9 Å². The van der Waals surface area contributed by atoms with E-state index in [-0.39, 0.29) is 0 Å². The molecular weight excluding hydrogens is 254 g/mol. The van der Waals surface area contributed by atoms with Gasteiger partial charge in [0.05, 0.1) is 0 Å². The zero-order valence-corrected chi connectivity index (χ0v) is 14.9. The second-order valence-electron chi connectivity index (χ2n) is 9.64. The normalized spacial score (nSPS) is 46.0. The molecule has 0 aromatic rings. The van der Waals surface area contributed by atoms with Crippen molar-refractivity contribution < 1.29 is 0 Å². The van der Waals surface area contributed by atoms with Gasteiger partial charge in [0.15, 0.2) is 0 Å². The van der Waals surface area contributed by atoms with Gasteiger partial charge in [-0.2, -0.15) is 0 Å². The van der Waals surface area contributed by atoms with Crippen LogP contribution in [0.25, 0.3) is 0 Å². The Balaban J connectivity index is 1.83. The highest BCUT2D eigenvalue weighted by Crippen LogP contribution is 2.70. The van der Waals surface area contributed by atoms with E-state index in [0.29, 0.717) is 16.2 Å².